The molecule has 2 aromatic carbocycles. The summed E-state index contributed by atoms with van der Waals surface area (Å²) in [5.74, 6) is 0.196. The predicted octanol–water partition coefficient (Wildman–Crippen LogP) is 3.56. The molecule has 10 heteroatoms. The highest BCUT2D eigenvalue weighted by Gasteiger charge is 2.44. The van der Waals surface area contributed by atoms with Crippen molar-refractivity contribution in [2.45, 2.75) is 38.4 Å². The highest BCUT2D eigenvalue weighted by atomic mass is 16.7. The molecule has 0 aromatic heterocycles. The Morgan fingerprint density at radius 1 is 1.00 bits per heavy atom. The van der Waals surface area contributed by atoms with Gasteiger partial charge in [0.2, 0.25) is 5.91 Å². The summed E-state index contributed by atoms with van der Waals surface area (Å²) in [6.07, 6.45) is 3.78. The standard InChI is InChI=1S/C24H26N4O6/c1-16(29)26-10-12-27(13-11-26)19-6-4-17(14-20(19)28(31)32)23(30)25-18-5-7-21-22(15-18)34-24(33-21)8-2-3-9-24/h4-7,14-15H,2-3,8-13H2,1H3,(H,25,30). The van der Waals surface area contributed by atoms with Crippen LogP contribution >= 0.6 is 0 Å². The number of benzene rings is 2. The molecule has 0 radical (unpaired) electrons. The van der Waals surface area contributed by atoms with Crippen LogP contribution in [-0.2, 0) is 4.79 Å². The first-order chi connectivity index (χ1) is 16.3. The number of hydrogen-bond acceptors (Lipinski definition) is 7. The van der Waals surface area contributed by atoms with Gasteiger partial charge in [-0.15, -0.1) is 0 Å². The zero-order chi connectivity index (χ0) is 23.9. The molecule has 1 saturated carbocycles. The van der Waals surface area contributed by atoms with Crippen molar-refractivity contribution in [3.8, 4) is 11.5 Å². The number of nitro groups is 1. The second-order valence-corrected chi connectivity index (χ2v) is 8.89. The molecule has 2 fully saturated rings. The van der Waals surface area contributed by atoms with Crippen molar-refractivity contribution < 1.29 is 24.0 Å². The lowest BCUT2D eigenvalue weighted by Crippen LogP contribution is -2.48. The number of anilines is 2. The highest BCUT2D eigenvalue weighted by Crippen LogP contribution is 2.47. The Bertz CT molecular complexity index is 1150. The summed E-state index contributed by atoms with van der Waals surface area (Å²) >= 11 is 0. The lowest BCUT2D eigenvalue weighted by atomic mass is 10.1. The average Bonchev–Trinajstić information content (AvgIpc) is 3.43. The van der Waals surface area contributed by atoms with Crippen LogP contribution in [0.25, 0.3) is 0 Å². The smallest absolute Gasteiger partial charge is 0.293 e. The van der Waals surface area contributed by atoms with Crippen molar-refractivity contribution in [3.63, 3.8) is 0 Å². The van der Waals surface area contributed by atoms with Crippen molar-refractivity contribution in [1.82, 2.24) is 4.90 Å². The summed E-state index contributed by atoms with van der Waals surface area (Å²) in [5, 5.41) is 14.6. The SMILES string of the molecule is CC(=O)N1CCN(c2ccc(C(=O)Nc3ccc4c(c3)OC3(CCCC3)O4)cc2[N+](=O)[O-])CC1. The van der Waals surface area contributed by atoms with E-state index in [-0.39, 0.29) is 17.2 Å². The molecule has 0 bridgehead atoms. The second-order valence-electron chi connectivity index (χ2n) is 8.89. The number of piperazine rings is 1. The quantitative estimate of drug-likeness (QED) is 0.541. The largest absolute Gasteiger partial charge is 0.448 e. The average molecular weight is 466 g/mol. The molecular formula is C24H26N4O6. The van der Waals surface area contributed by atoms with E-state index in [1.807, 2.05) is 4.90 Å². The van der Waals surface area contributed by atoms with E-state index in [9.17, 15) is 19.7 Å². The van der Waals surface area contributed by atoms with E-state index in [2.05, 4.69) is 5.32 Å². The number of carbonyl (C=O) groups excluding carboxylic acids is 2. The van der Waals surface area contributed by atoms with Crippen LogP contribution in [0.1, 0.15) is 43.0 Å². The minimum absolute atomic E-state index is 0.0110. The minimum Gasteiger partial charge on any atom is -0.448 e. The molecule has 34 heavy (non-hydrogen) atoms. The molecule has 5 rings (SSSR count). The van der Waals surface area contributed by atoms with E-state index in [1.165, 1.54) is 13.0 Å². The molecule has 1 N–H and O–H groups in total. The molecule has 1 aliphatic carbocycles. The van der Waals surface area contributed by atoms with E-state index in [4.69, 9.17) is 9.47 Å². The molecule has 0 unspecified atom stereocenters. The Hall–Kier alpha value is -3.82. The minimum atomic E-state index is -0.586. The van der Waals surface area contributed by atoms with Crippen LogP contribution in [0.3, 0.4) is 0 Å². The normalized spacial score (nSPS) is 18.3. The van der Waals surface area contributed by atoms with Gasteiger partial charge >= 0.3 is 0 Å². The van der Waals surface area contributed by atoms with Gasteiger partial charge in [-0.3, -0.25) is 19.7 Å². The van der Waals surface area contributed by atoms with Crippen LogP contribution in [0, 0.1) is 10.1 Å². The maximum atomic E-state index is 12.9. The van der Waals surface area contributed by atoms with Gasteiger partial charge in [0.25, 0.3) is 17.4 Å². The molecule has 2 aromatic rings. The Labute approximate surface area is 196 Å². The number of ether oxygens (including phenoxy) is 2. The zero-order valence-electron chi connectivity index (χ0n) is 18.9. The maximum Gasteiger partial charge on any atom is 0.293 e. The molecule has 0 atom stereocenters. The summed E-state index contributed by atoms with van der Waals surface area (Å²) in [6, 6.07) is 9.69. The Balaban J connectivity index is 1.31. The zero-order valence-corrected chi connectivity index (χ0v) is 18.9. The molecule has 1 spiro atoms. The number of fused-ring (bicyclic) bond motifs is 1. The molecule has 10 nitrogen and oxygen atoms in total. The van der Waals surface area contributed by atoms with Gasteiger partial charge in [0.1, 0.15) is 5.69 Å². The highest BCUT2D eigenvalue weighted by molar-refractivity contribution is 6.05. The van der Waals surface area contributed by atoms with Crippen LogP contribution in [0.5, 0.6) is 11.5 Å². The third-order valence-electron chi connectivity index (χ3n) is 6.66. The fraction of sp³-hybridized carbons (Fsp3) is 0.417. The van der Waals surface area contributed by atoms with Crippen LogP contribution in [0.4, 0.5) is 17.1 Å². The molecule has 2 aliphatic heterocycles. The van der Waals surface area contributed by atoms with E-state index < -0.39 is 16.6 Å². The van der Waals surface area contributed by atoms with Crippen molar-refractivity contribution in [2.24, 2.45) is 0 Å². The number of nitrogens with zero attached hydrogens (tertiary/aromatic N) is 3. The molecule has 178 valence electrons. The number of hydrogen-bond donors (Lipinski definition) is 1. The van der Waals surface area contributed by atoms with Crippen LogP contribution in [-0.4, -0.2) is 53.6 Å². The lowest BCUT2D eigenvalue weighted by Gasteiger charge is -2.35. The van der Waals surface area contributed by atoms with E-state index in [1.54, 1.807) is 35.2 Å². The van der Waals surface area contributed by atoms with Crippen molar-refractivity contribution in [2.75, 3.05) is 36.4 Å². The first-order valence-electron chi connectivity index (χ1n) is 11.5. The summed E-state index contributed by atoms with van der Waals surface area (Å²) < 4.78 is 12.0. The van der Waals surface area contributed by atoms with Crippen LogP contribution in [0.15, 0.2) is 36.4 Å². The molecule has 2 amide bonds. The van der Waals surface area contributed by atoms with E-state index in [0.29, 0.717) is 49.1 Å². The monoisotopic (exact) mass is 466 g/mol. The Morgan fingerprint density at radius 3 is 2.38 bits per heavy atom. The maximum absolute atomic E-state index is 12.9. The summed E-state index contributed by atoms with van der Waals surface area (Å²) in [4.78, 5) is 39.3. The lowest BCUT2D eigenvalue weighted by molar-refractivity contribution is -0.384. The number of rotatable bonds is 4. The first kappa shape index (κ1) is 22.0. The van der Waals surface area contributed by atoms with Gasteiger partial charge in [-0.05, 0) is 37.1 Å². The van der Waals surface area contributed by atoms with Crippen LogP contribution < -0.4 is 19.7 Å². The van der Waals surface area contributed by atoms with Crippen LogP contribution in [0.2, 0.25) is 0 Å². The molecular weight excluding hydrogens is 440 g/mol. The second kappa shape index (κ2) is 8.51. The number of nitro benzene ring substituents is 1. The van der Waals surface area contributed by atoms with Crippen molar-refractivity contribution in [3.05, 3.63) is 52.1 Å². The predicted molar refractivity (Wildman–Crippen MR) is 124 cm³/mol. The van der Waals surface area contributed by atoms with Gasteiger partial charge in [0.05, 0.1) is 4.92 Å². The van der Waals surface area contributed by atoms with Crippen molar-refractivity contribution >= 4 is 28.9 Å². The van der Waals surface area contributed by atoms with Gasteiger partial charge in [0, 0.05) is 69.3 Å². The molecule has 2 heterocycles. The fourth-order valence-corrected chi connectivity index (χ4v) is 4.83. The summed E-state index contributed by atoms with van der Waals surface area (Å²) in [5.41, 5.74) is 1.00. The topological polar surface area (TPSA) is 114 Å². The van der Waals surface area contributed by atoms with E-state index in [0.717, 1.165) is 25.7 Å². The third-order valence-corrected chi connectivity index (χ3v) is 6.66. The van der Waals surface area contributed by atoms with Gasteiger partial charge in [-0.25, -0.2) is 0 Å². The Kier molecular flexibility index (Phi) is 5.51. The van der Waals surface area contributed by atoms with Gasteiger partial charge < -0.3 is 24.6 Å². The van der Waals surface area contributed by atoms with Crippen molar-refractivity contribution in [1.29, 1.82) is 0 Å². The summed E-state index contributed by atoms with van der Waals surface area (Å²) in [6.45, 7) is 3.49. The number of amides is 2. The Morgan fingerprint density at radius 2 is 1.71 bits per heavy atom. The summed E-state index contributed by atoms with van der Waals surface area (Å²) in [7, 11) is 0. The van der Waals surface area contributed by atoms with E-state index >= 15 is 0 Å². The molecule has 1 saturated heterocycles. The molecule has 3 aliphatic rings. The number of nitrogens with one attached hydrogen (secondary N) is 1. The third kappa shape index (κ3) is 4.11. The van der Waals surface area contributed by atoms with Gasteiger partial charge in [0.15, 0.2) is 11.5 Å². The fourth-order valence-electron chi connectivity index (χ4n) is 4.83. The van der Waals surface area contributed by atoms with Gasteiger partial charge in [-0.2, -0.15) is 0 Å². The number of carbonyl (C=O) groups is 2. The van der Waals surface area contributed by atoms with Gasteiger partial charge in [-0.1, -0.05) is 0 Å². The first-order valence-corrected chi connectivity index (χ1v) is 11.5.